The van der Waals surface area contributed by atoms with Crippen molar-refractivity contribution in [1.29, 1.82) is 0 Å². The summed E-state index contributed by atoms with van der Waals surface area (Å²) in [4.78, 5) is 11.7. The van der Waals surface area contributed by atoms with Gasteiger partial charge in [0.05, 0.1) is 5.60 Å². The van der Waals surface area contributed by atoms with Crippen LogP contribution in [-0.4, -0.2) is 23.3 Å². The van der Waals surface area contributed by atoms with E-state index < -0.39 is 5.60 Å². The highest BCUT2D eigenvalue weighted by atomic mass is 16.3. The molecule has 2 amide bonds. The normalized spacial score (nSPS) is 18.4. The number of amides is 2. The summed E-state index contributed by atoms with van der Waals surface area (Å²) in [5.74, 6) is 0. The summed E-state index contributed by atoms with van der Waals surface area (Å²) >= 11 is 0. The largest absolute Gasteiger partial charge is 0.388 e. The Bertz CT molecular complexity index is 398. The minimum atomic E-state index is -0.732. The number of urea groups is 1. The number of benzene rings is 1. The molecule has 1 fully saturated rings. The van der Waals surface area contributed by atoms with Gasteiger partial charge in [-0.3, -0.25) is 0 Å². The lowest BCUT2D eigenvalue weighted by Crippen LogP contribution is -2.44. The van der Waals surface area contributed by atoms with Crippen molar-refractivity contribution in [2.24, 2.45) is 0 Å². The Morgan fingerprint density at radius 2 is 1.74 bits per heavy atom. The van der Waals surface area contributed by atoms with E-state index in [1.807, 2.05) is 30.3 Å². The predicted octanol–water partition coefficient (Wildman–Crippen LogP) is 2.89. The zero-order valence-electron chi connectivity index (χ0n) is 11.2. The Labute approximate surface area is 114 Å². The zero-order chi connectivity index (χ0) is 13.6. The molecule has 4 heteroatoms. The summed E-state index contributed by atoms with van der Waals surface area (Å²) in [6.45, 7) is 0.325. The molecule has 0 bridgehead atoms. The average molecular weight is 262 g/mol. The maximum Gasteiger partial charge on any atom is 0.319 e. The van der Waals surface area contributed by atoms with E-state index in [1.165, 1.54) is 12.8 Å². The molecule has 1 saturated carbocycles. The van der Waals surface area contributed by atoms with E-state index in [0.717, 1.165) is 31.4 Å². The summed E-state index contributed by atoms with van der Waals surface area (Å²) in [5.41, 5.74) is 0.0257. The first-order chi connectivity index (χ1) is 9.18. The van der Waals surface area contributed by atoms with Crippen LogP contribution >= 0.6 is 0 Å². The van der Waals surface area contributed by atoms with Gasteiger partial charge < -0.3 is 15.7 Å². The quantitative estimate of drug-likeness (QED) is 0.733. The molecule has 104 valence electrons. The molecule has 0 atom stereocenters. The third kappa shape index (κ3) is 4.56. The highest BCUT2D eigenvalue weighted by Crippen LogP contribution is 2.26. The molecule has 19 heavy (non-hydrogen) atoms. The van der Waals surface area contributed by atoms with Crippen LogP contribution in [0.2, 0.25) is 0 Å². The van der Waals surface area contributed by atoms with Crippen molar-refractivity contribution in [3.8, 4) is 0 Å². The number of hydrogen-bond acceptors (Lipinski definition) is 2. The molecule has 4 nitrogen and oxygen atoms in total. The Balaban J connectivity index is 1.79. The molecular formula is C15H22N2O2. The zero-order valence-corrected chi connectivity index (χ0v) is 11.2. The summed E-state index contributed by atoms with van der Waals surface area (Å²) in [7, 11) is 0. The SMILES string of the molecule is O=C(NCC1(O)CCCCCC1)Nc1ccccc1. The van der Waals surface area contributed by atoms with Crippen LogP contribution in [0, 0.1) is 0 Å². The first kappa shape index (κ1) is 13.9. The molecule has 3 N–H and O–H groups in total. The van der Waals surface area contributed by atoms with E-state index in [4.69, 9.17) is 0 Å². The van der Waals surface area contributed by atoms with Crippen molar-refractivity contribution in [2.45, 2.75) is 44.1 Å². The Kier molecular flexibility index (Phi) is 4.80. The number of aliphatic hydroxyl groups is 1. The molecule has 0 aromatic heterocycles. The number of hydrogen-bond donors (Lipinski definition) is 3. The van der Waals surface area contributed by atoms with Crippen LogP contribution in [0.4, 0.5) is 10.5 Å². The van der Waals surface area contributed by atoms with Gasteiger partial charge in [0.25, 0.3) is 0 Å². The smallest absolute Gasteiger partial charge is 0.319 e. The lowest BCUT2D eigenvalue weighted by molar-refractivity contribution is 0.0281. The summed E-state index contributed by atoms with van der Waals surface area (Å²) in [6, 6.07) is 9.05. The van der Waals surface area contributed by atoms with Crippen molar-refractivity contribution in [3.63, 3.8) is 0 Å². The van der Waals surface area contributed by atoms with Crippen LogP contribution in [0.1, 0.15) is 38.5 Å². The molecule has 2 rings (SSSR count). The first-order valence-corrected chi connectivity index (χ1v) is 7.00. The average Bonchev–Trinajstić information content (AvgIpc) is 2.63. The van der Waals surface area contributed by atoms with Crippen LogP contribution in [0.25, 0.3) is 0 Å². The molecule has 0 aliphatic heterocycles. The molecule has 1 aliphatic carbocycles. The van der Waals surface area contributed by atoms with Gasteiger partial charge in [-0.25, -0.2) is 4.79 Å². The molecule has 0 spiro atoms. The maximum absolute atomic E-state index is 11.7. The number of carbonyl (C=O) groups excluding carboxylic acids is 1. The van der Waals surface area contributed by atoms with Crippen LogP contribution < -0.4 is 10.6 Å². The monoisotopic (exact) mass is 262 g/mol. The van der Waals surface area contributed by atoms with Gasteiger partial charge in [-0.2, -0.15) is 0 Å². The second-order valence-electron chi connectivity index (χ2n) is 5.31. The minimum Gasteiger partial charge on any atom is -0.388 e. The van der Waals surface area contributed by atoms with Crippen molar-refractivity contribution in [2.75, 3.05) is 11.9 Å². The number of anilines is 1. The summed E-state index contributed by atoms with van der Waals surface area (Å²) in [6.07, 6.45) is 5.99. The lowest BCUT2D eigenvalue weighted by Gasteiger charge is -2.26. The van der Waals surface area contributed by atoms with Crippen LogP contribution in [0.15, 0.2) is 30.3 Å². The molecule has 1 aromatic rings. The fourth-order valence-electron chi connectivity index (χ4n) is 2.51. The Morgan fingerprint density at radius 1 is 1.11 bits per heavy atom. The van der Waals surface area contributed by atoms with E-state index >= 15 is 0 Å². The molecule has 0 saturated heterocycles. The van der Waals surface area contributed by atoms with E-state index in [-0.39, 0.29) is 6.03 Å². The molecule has 1 aliphatic rings. The number of carbonyl (C=O) groups is 1. The van der Waals surface area contributed by atoms with E-state index in [9.17, 15) is 9.90 Å². The second-order valence-corrected chi connectivity index (χ2v) is 5.31. The minimum absolute atomic E-state index is 0.260. The van der Waals surface area contributed by atoms with Gasteiger partial charge in [0.2, 0.25) is 0 Å². The molecule has 1 aromatic carbocycles. The number of rotatable bonds is 3. The third-order valence-electron chi connectivity index (χ3n) is 3.64. The van der Waals surface area contributed by atoms with Crippen LogP contribution in [0.5, 0.6) is 0 Å². The third-order valence-corrected chi connectivity index (χ3v) is 3.64. The van der Waals surface area contributed by atoms with Crippen molar-refractivity contribution < 1.29 is 9.90 Å². The van der Waals surface area contributed by atoms with Gasteiger partial charge in [0.15, 0.2) is 0 Å². The fraction of sp³-hybridized carbons (Fsp3) is 0.533. The van der Waals surface area contributed by atoms with Gasteiger partial charge >= 0.3 is 6.03 Å². The van der Waals surface area contributed by atoms with Gasteiger partial charge in [-0.1, -0.05) is 43.9 Å². The molecular weight excluding hydrogens is 240 g/mol. The highest BCUT2D eigenvalue weighted by Gasteiger charge is 2.28. The second kappa shape index (κ2) is 6.57. The lowest BCUT2D eigenvalue weighted by atomic mass is 9.95. The fourth-order valence-corrected chi connectivity index (χ4v) is 2.51. The van der Waals surface area contributed by atoms with Gasteiger partial charge in [-0.05, 0) is 25.0 Å². The predicted molar refractivity (Wildman–Crippen MR) is 76.1 cm³/mol. The van der Waals surface area contributed by atoms with Crippen molar-refractivity contribution in [3.05, 3.63) is 30.3 Å². The van der Waals surface area contributed by atoms with E-state index in [2.05, 4.69) is 10.6 Å². The maximum atomic E-state index is 11.7. The topological polar surface area (TPSA) is 61.4 Å². The summed E-state index contributed by atoms with van der Waals surface area (Å²) < 4.78 is 0. The first-order valence-electron chi connectivity index (χ1n) is 7.00. The van der Waals surface area contributed by atoms with Gasteiger partial charge in [0, 0.05) is 12.2 Å². The van der Waals surface area contributed by atoms with E-state index in [0.29, 0.717) is 6.54 Å². The number of nitrogens with one attached hydrogen (secondary N) is 2. The van der Waals surface area contributed by atoms with Crippen LogP contribution in [-0.2, 0) is 0 Å². The standard InChI is InChI=1S/C15H22N2O2/c18-14(17-13-8-4-3-5-9-13)16-12-15(19)10-6-1-2-7-11-15/h3-5,8-9,19H,1-2,6-7,10-12H2,(H2,16,17,18). The summed E-state index contributed by atoms with van der Waals surface area (Å²) in [5, 5.41) is 15.9. The van der Waals surface area contributed by atoms with Gasteiger partial charge in [0.1, 0.15) is 0 Å². The van der Waals surface area contributed by atoms with Gasteiger partial charge in [-0.15, -0.1) is 0 Å². The number of para-hydroxylation sites is 1. The Morgan fingerprint density at radius 3 is 2.37 bits per heavy atom. The highest BCUT2D eigenvalue weighted by molar-refractivity contribution is 5.89. The molecule has 0 radical (unpaired) electrons. The van der Waals surface area contributed by atoms with Crippen molar-refractivity contribution >= 4 is 11.7 Å². The Hall–Kier alpha value is -1.55. The van der Waals surface area contributed by atoms with Crippen molar-refractivity contribution in [1.82, 2.24) is 5.32 Å². The molecule has 0 heterocycles. The van der Waals surface area contributed by atoms with E-state index in [1.54, 1.807) is 0 Å². The molecule has 0 unspecified atom stereocenters. The van der Waals surface area contributed by atoms with Crippen LogP contribution in [0.3, 0.4) is 0 Å².